The number of carbonyl (C=O) groups is 3. The maximum absolute atomic E-state index is 12.7. The number of nitrogens with one attached hydrogen (secondary N) is 1. The molecule has 1 N–H and O–H groups in total. The molecule has 3 amide bonds. The molecule has 9 heteroatoms. The smallest absolute Gasteiger partial charge is 0.411 e. The Morgan fingerprint density at radius 1 is 1.26 bits per heavy atom. The Kier molecular flexibility index (Phi) is 7.35. The number of ether oxygens (including phenoxy) is 1. The van der Waals surface area contributed by atoms with Crippen LogP contribution in [0.25, 0.3) is 6.08 Å². The summed E-state index contributed by atoms with van der Waals surface area (Å²) in [6.45, 7) is 6.69. The molecule has 2 aliphatic heterocycles. The maximum Gasteiger partial charge on any atom is 0.411 e. The standard InChI is InChI=1S/C26H30N4O4S/c1-26(2,3)34-25(33)30-16-20-13-19(15-27-24(20)28-22(31)17-30)6-7-23(32)29-10-8-18(9-11-29)14-21-5-4-12-35-21/h4-8,12-13,15H,9-11,14,16-17H2,1-3H3,(H,27,28,31)/b7-6+. The first-order valence-electron chi connectivity index (χ1n) is 11.6. The fourth-order valence-electron chi connectivity index (χ4n) is 3.90. The van der Waals surface area contributed by atoms with Crippen LogP contribution in [0, 0.1) is 0 Å². The van der Waals surface area contributed by atoms with E-state index in [-0.39, 0.29) is 24.9 Å². The zero-order chi connectivity index (χ0) is 25.0. The van der Waals surface area contributed by atoms with Crippen molar-refractivity contribution in [2.24, 2.45) is 0 Å². The first-order valence-corrected chi connectivity index (χ1v) is 12.5. The lowest BCUT2D eigenvalue weighted by Gasteiger charge is -2.25. The molecule has 0 aliphatic carbocycles. The third-order valence-corrected chi connectivity index (χ3v) is 6.48. The van der Waals surface area contributed by atoms with Crippen LogP contribution in [0.1, 0.15) is 43.2 Å². The highest BCUT2D eigenvalue weighted by atomic mass is 32.1. The average molecular weight is 495 g/mol. The van der Waals surface area contributed by atoms with Crippen molar-refractivity contribution in [1.82, 2.24) is 14.8 Å². The van der Waals surface area contributed by atoms with Gasteiger partial charge in [0.1, 0.15) is 18.0 Å². The zero-order valence-corrected chi connectivity index (χ0v) is 21.1. The molecule has 0 bridgehead atoms. The molecule has 2 aliphatic rings. The normalized spacial score (nSPS) is 16.4. The van der Waals surface area contributed by atoms with Crippen molar-refractivity contribution in [2.75, 3.05) is 25.0 Å². The highest BCUT2D eigenvalue weighted by molar-refractivity contribution is 7.09. The van der Waals surface area contributed by atoms with Crippen molar-refractivity contribution >= 4 is 41.1 Å². The van der Waals surface area contributed by atoms with E-state index in [2.05, 4.69) is 33.9 Å². The quantitative estimate of drug-likeness (QED) is 0.507. The monoisotopic (exact) mass is 494 g/mol. The number of nitrogens with zero attached hydrogens (tertiary/aromatic N) is 3. The van der Waals surface area contributed by atoms with Crippen LogP contribution in [-0.2, 0) is 27.3 Å². The van der Waals surface area contributed by atoms with Crippen LogP contribution in [0.15, 0.2) is 47.5 Å². The lowest BCUT2D eigenvalue weighted by Crippen LogP contribution is -2.39. The van der Waals surface area contributed by atoms with E-state index in [0.29, 0.717) is 30.0 Å². The molecule has 0 aromatic carbocycles. The zero-order valence-electron chi connectivity index (χ0n) is 20.2. The molecule has 4 rings (SSSR count). The molecule has 0 saturated heterocycles. The van der Waals surface area contributed by atoms with Gasteiger partial charge in [-0.05, 0) is 56.3 Å². The van der Waals surface area contributed by atoms with E-state index < -0.39 is 11.7 Å². The predicted octanol–water partition coefficient (Wildman–Crippen LogP) is 4.25. The number of anilines is 1. The minimum atomic E-state index is -0.666. The molecule has 4 heterocycles. The van der Waals surface area contributed by atoms with Gasteiger partial charge in [-0.2, -0.15) is 0 Å². The average Bonchev–Trinajstić information content (AvgIpc) is 3.24. The van der Waals surface area contributed by atoms with Crippen LogP contribution in [0.2, 0.25) is 0 Å². The van der Waals surface area contributed by atoms with E-state index in [9.17, 15) is 14.4 Å². The number of hydrogen-bond acceptors (Lipinski definition) is 6. The summed E-state index contributed by atoms with van der Waals surface area (Å²) in [6, 6.07) is 6.02. The van der Waals surface area contributed by atoms with E-state index in [1.54, 1.807) is 50.5 Å². The van der Waals surface area contributed by atoms with Gasteiger partial charge in [0.25, 0.3) is 0 Å². The summed E-state index contributed by atoms with van der Waals surface area (Å²) in [5.41, 5.74) is 2.09. The minimum Gasteiger partial charge on any atom is -0.444 e. The number of amides is 3. The van der Waals surface area contributed by atoms with Gasteiger partial charge >= 0.3 is 6.09 Å². The third kappa shape index (κ3) is 6.79. The lowest BCUT2D eigenvalue weighted by atomic mass is 10.0. The van der Waals surface area contributed by atoms with E-state index in [4.69, 9.17) is 4.74 Å². The molecular formula is C26H30N4O4S. The summed E-state index contributed by atoms with van der Waals surface area (Å²) in [6.07, 6.45) is 8.26. The SMILES string of the molecule is CC(C)(C)OC(=O)N1CC(=O)Nc2ncc(/C=C/C(=O)N3CC=C(Cc4cccs4)CC3)cc2C1. The Hall–Kier alpha value is -3.46. The van der Waals surface area contributed by atoms with Crippen molar-refractivity contribution in [3.8, 4) is 0 Å². The van der Waals surface area contributed by atoms with Gasteiger partial charge in [-0.25, -0.2) is 9.78 Å². The second-order valence-electron chi connectivity index (χ2n) is 9.65. The summed E-state index contributed by atoms with van der Waals surface area (Å²) in [5.74, 6) is 0.0104. The summed E-state index contributed by atoms with van der Waals surface area (Å²) in [7, 11) is 0. The number of thiophene rings is 1. The minimum absolute atomic E-state index is 0.0601. The van der Waals surface area contributed by atoms with E-state index in [1.165, 1.54) is 15.4 Å². The predicted molar refractivity (Wildman–Crippen MR) is 136 cm³/mol. The Morgan fingerprint density at radius 2 is 2.09 bits per heavy atom. The van der Waals surface area contributed by atoms with Crippen LogP contribution in [0.5, 0.6) is 0 Å². The van der Waals surface area contributed by atoms with Crippen molar-refractivity contribution in [3.05, 3.63) is 63.5 Å². The van der Waals surface area contributed by atoms with E-state index in [1.807, 2.05) is 11.0 Å². The molecule has 184 valence electrons. The number of carbonyl (C=O) groups excluding carboxylic acids is 3. The lowest BCUT2D eigenvalue weighted by molar-refractivity contribution is -0.125. The third-order valence-electron chi connectivity index (χ3n) is 5.61. The molecule has 2 aromatic rings. The van der Waals surface area contributed by atoms with Crippen LogP contribution in [0.4, 0.5) is 10.6 Å². The van der Waals surface area contributed by atoms with Crippen LogP contribution >= 0.6 is 11.3 Å². The van der Waals surface area contributed by atoms with Gasteiger partial charge in [-0.1, -0.05) is 17.7 Å². The highest BCUT2D eigenvalue weighted by Gasteiger charge is 2.28. The molecule has 0 atom stereocenters. The van der Waals surface area contributed by atoms with Crippen molar-refractivity contribution < 1.29 is 19.1 Å². The number of aromatic nitrogens is 1. The summed E-state index contributed by atoms with van der Waals surface area (Å²) in [5, 5.41) is 4.81. The van der Waals surface area contributed by atoms with Gasteiger partial charge in [0.15, 0.2) is 0 Å². The van der Waals surface area contributed by atoms with Crippen molar-refractivity contribution in [3.63, 3.8) is 0 Å². The second kappa shape index (κ2) is 10.4. The number of pyridine rings is 1. The molecule has 0 spiro atoms. The first-order chi connectivity index (χ1) is 16.7. The number of hydrogen-bond donors (Lipinski definition) is 1. The molecular weight excluding hydrogens is 464 g/mol. The van der Waals surface area contributed by atoms with E-state index >= 15 is 0 Å². The Balaban J connectivity index is 1.40. The van der Waals surface area contributed by atoms with Gasteiger partial charge in [-0.15, -0.1) is 11.3 Å². The molecule has 0 fully saturated rings. The van der Waals surface area contributed by atoms with Gasteiger partial charge < -0.3 is 15.0 Å². The Morgan fingerprint density at radius 3 is 2.77 bits per heavy atom. The van der Waals surface area contributed by atoms with Gasteiger partial charge in [-0.3, -0.25) is 14.5 Å². The van der Waals surface area contributed by atoms with Crippen LogP contribution in [0.3, 0.4) is 0 Å². The molecule has 2 aromatic heterocycles. The summed E-state index contributed by atoms with van der Waals surface area (Å²) >= 11 is 1.75. The highest BCUT2D eigenvalue weighted by Crippen LogP contribution is 2.23. The largest absolute Gasteiger partial charge is 0.444 e. The molecule has 0 radical (unpaired) electrons. The maximum atomic E-state index is 12.7. The Labute approximate surface area is 209 Å². The molecule has 8 nitrogen and oxygen atoms in total. The summed E-state index contributed by atoms with van der Waals surface area (Å²) < 4.78 is 5.43. The number of rotatable bonds is 4. The van der Waals surface area contributed by atoms with Crippen molar-refractivity contribution in [2.45, 2.75) is 45.8 Å². The van der Waals surface area contributed by atoms with E-state index in [0.717, 1.165) is 12.8 Å². The first kappa shape index (κ1) is 24.7. The molecule has 35 heavy (non-hydrogen) atoms. The van der Waals surface area contributed by atoms with Crippen LogP contribution < -0.4 is 5.32 Å². The summed E-state index contributed by atoms with van der Waals surface area (Å²) in [4.78, 5) is 46.4. The number of fused-ring (bicyclic) bond motifs is 1. The topological polar surface area (TPSA) is 91.8 Å². The van der Waals surface area contributed by atoms with Crippen molar-refractivity contribution in [1.29, 1.82) is 0 Å². The molecule has 0 unspecified atom stereocenters. The van der Waals surface area contributed by atoms with Gasteiger partial charge in [0, 0.05) is 42.2 Å². The fourth-order valence-corrected chi connectivity index (χ4v) is 4.65. The van der Waals surface area contributed by atoms with Gasteiger partial charge in [0.2, 0.25) is 11.8 Å². The Bertz CT molecular complexity index is 1160. The second-order valence-corrected chi connectivity index (χ2v) is 10.7. The molecule has 0 saturated carbocycles. The van der Waals surface area contributed by atoms with Gasteiger partial charge in [0.05, 0.1) is 6.54 Å². The fraction of sp³-hybridized carbons (Fsp3) is 0.385. The van der Waals surface area contributed by atoms with Crippen LogP contribution in [-0.4, -0.2) is 57.9 Å².